The van der Waals surface area contributed by atoms with Gasteiger partial charge in [0.15, 0.2) is 0 Å². The van der Waals surface area contributed by atoms with Gasteiger partial charge >= 0.3 is 13.5 Å². The van der Waals surface area contributed by atoms with E-state index in [4.69, 9.17) is 15.1 Å². The van der Waals surface area contributed by atoms with E-state index in [1.165, 1.54) is 0 Å². The van der Waals surface area contributed by atoms with Crippen molar-refractivity contribution in [1.29, 1.82) is 0 Å². The summed E-state index contributed by atoms with van der Waals surface area (Å²) in [5.74, 6) is -0.334. The van der Waals surface area contributed by atoms with Crippen LogP contribution in [0.2, 0.25) is 6.32 Å². The lowest BCUT2D eigenvalue weighted by atomic mass is 9.85. The monoisotopic (exact) mass is 333 g/mol. The summed E-state index contributed by atoms with van der Waals surface area (Å²) in [5, 5.41) is 18.7. The van der Waals surface area contributed by atoms with Crippen LogP contribution in [0.4, 0.5) is 0 Å². The van der Waals surface area contributed by atoms with Crippen molar-refractivity contribution >= 4 is 13.5 Å². The summed E-state index contributed by atoms with van der Waals surface area (Å²) in [5.41, 5.74) is 6.26. The molecule has 1 fully saturated rings. The van der Waals surface area contributed by atoms with E-state index in [-0.39, 0.29) is 18.3 Å². The summed E-state index contributed by atoms with van der Waals surface area (Å²) in [6, 6.07) is 3.57. The van der Waals surface area contributed by atoms with E-state index in [9.17, 15) is 15.0 Å². The standard InChI is InChI=1S/C16H22BN2O5/c1-16(18,9-20)8-19-6-11(7-19)23-12-3-2-10-4-5-17-24-14(10)13(12)15(21)22/h2-3,11,20H,4-9,18H2,1H3,(H,21,22). The van der Waals surface area contributed by atoms with E-state index in [1.54, 1.807) is 20.5 Å². The smallest absolute Gasteiger partial charge is 0.370 e. The van der Waals surface area contributed by atoms with Gasteiger partial charge in [0, 0.05) is 25.2 Å². The van der Waals surface area contributed by atoms with Gasteiger partial charge in [-0.2, -0.15) is 0 Å². The summed E-state index contributed by atoms with van der Waals surface area (Å²) in [4.78, 5) is 13.7. The first-order valence-electron chi connectivity index (χ1n) is 8.06. The fourth-order valence-corrected chi connectivity index (χ4v) is 3.06. The molecule has 0 spiro atoms. The Balaban J connectivity index is 1.68. The van der Waals surface area contributed by atoms with Crippen molar-refractivity contribution in [3.05, 3.63) is 23.3 Å². The molecular formula is C16H22BN2O5. The number of carboxylic acids is 1. The number of ether oxygens (including phenoxy) is 1. The first kappa shape index (κ1) is 17.1. The maximum atomic E-state index is 11.6. The predicted molar refractivity (Wildman–Crippen MR) is 88.8 cm³/mol. The average molecular weight is 333 g/mol. The maximum Gasteiger partial charge on any atom is 0.370 e. The first-order valence-corrected chi connectivity index (χ1v) is 8.06. The number of rotatable bonds is 6. The second-order valence-electron chi connectivity index (χ2n) is 6.80. The maximum absolute atomic E-state index is 11.6. The van der Waals surface area contributed by atoms with E-state index in [2.05, 4.69) is 4.90 Å². The molecule has 1 unspecified atom stereocenters. The Morgan fingerprint density at radius 3 is 2.96 bits per heavy atom. The number of carbonyl (C=O) groups is 1. The number of aromatic carboxylic acids is 1. The fourth-order valence-electron chi connectivity index (χ4n) is 3.06. The van der Waals surface area contributed by atoms with Crippen molar-refractivity contribution < 1.29 is 24.4 Å². The third-order valence-corrected chi connectivity index (χ3v) is 4.31. The lowest BCUT2D eigenvalue weighted by molar-refractivity contribution is 0.000486. The molecule has 129 valence electrons. The molecule has 1 aromatic carbocycles. The third kappa shape index (κ3) is 3.50. The minimum Gasteiger partial charge on any atom is -0.562 e. The van der Waals surface area contributed by atoms with E-state index in [0.29, 0.717) is 31.1 Å². The van der Waals surface area contributed by atoms with Crippen molar-refractivity contribution in [2.45, 2.75) is 31.3 Å². The lowest BCUT2D eigenvalue weighted by Crippen LogP contribution is -2.61. The largest absolute Gasteiger partial charge is 0.562 e. The molecule has 0 saturated carbocycles. The average Bonchev–Trinajstić information content (AvgIpc) is 2.52. The highest BCUT2D eigenvalue weighted by Crippen LogP contribution is 2.36. The van der Waals surface area contributed by atoms with Crippen LogP contribution in [0.5, 0.6) is 11.5 Å². The molecule has 1 aromatic rings. The molecule has 1 saturated heterocycles. The van der Waals surface area contributed by atoms with Crippen molar-refractivity contribution in [3.8, 4) is 11.5 Å². The highest BCUT2D eigenvalue weighted by atomic mass is 16.5. The van der Waals surface area contributed by atoms with Crippen LogP contribution in [0, 0.1) is 0 Å². The lowest BCUT2D eigenvalue weighted by Gasteiger charge is -2.42. The summed E-state index contributed by atoms with van der Waals surface area (Å²) in [6.07, 6.45) is 1.44. The molecular weight excluding hydrogens is 311 g/mol. The first-order chi connectivity index (χ1) is 11.4. The topological polar surface area (TPSA) is 105 Å². The molecule has 2 heterocycles. The van der Waals surface area contributed by atoms with Crippen LogP contribution in [0.25, 0.3) is 0 Å². The molecule has 4 N–H and O–H groups in total. The molecule has 2 aliphatic rings. The normalized spacial score (nSPS) is 20.1. The molecule has 2 aliphatic heterocycles. The summed E-state index contributed by atoms with van der Waals surface area (Å²) in [6.45, 7) is 3.57. The Morgan fingerprint density at radius 1 is 1.54 bits per heavy atom. The number of nitrogens with two attached hydrogens (primary N) is 1. The molecule has 0 aliphatic carbocycles. The number of fused-ring (bicyclic) bond motifs is 1. The number of aliphatic hydroxyl groups excluding tert-OH is 1. The van der Waals surface area contributed by atoms with Crippen molar-refractivity contribution in [1.82, 2.24) is 4.90 Å². The van der Waals surface area contributed by atoms with Crippen LogP contribution in [0.1, 0.15) is 22.8 Å². The molecule has 1 radical (unpaired) electrons. The highest BCUT2D eigenvalue weighted by Gasteiger charge is 2.34. The summed E-state index contributed by atoms with van der Waals surface area (Å²) >= 11 is 0. The van der Waals surface area contributed by atoms with Gasteiger partial charge in [0.2, 0.25) is 0 Å². The van der Waals surface area contributed by atoms with Gasteiger partial charge in [-0.25, -0.2) is 4.79 Å². The van der Waals surface area contributed by atoms with Crippen molar-refractivity contribution in [2.75, 3.05) is 26.2 Å². The molecule has 0 amide bonds. The van der Waals surface area contributed by atoms with Crippen LogP contribution >= 0.6 is 0 Å². The van der Waals surface area contributed by atoms with Crippen LogP contribution < -0.4 is 15.1 Å². The highest BCUT2D eigenvalue weighted by molar-refractivity contribution is 6.29. The third-order valence-electron chi connectivity index (χ3n) is 4.31. The van der Waals surface area contributed by atoms with Gasteiger partial charge in [-0.05, 0) is 31.3 Å². The van der Waals surface area contributed by atoms with Crippen molar-refractivity contribution in [3.63, 3.8) is 0 Å². The number of aryl methyl sites for hydroxylation is 1. The van der Waals surface area contributed by atoms with Crippen LogP contribution in [-0.2, 0) is 6.42 Å². The zero-order valence-corrected chi connectivity index (χ0v) is 13.7. The quantitative estimate of drug-likeness (QED) is 0.636. The molecule has 0 bridgehead atoms. The SMILES string of the molecule is CC(N)(CO)CN1CC(Oc2ccc3c(c2C(=O)O)O[B]CC3)C1. The van der Waals surface area contributed by atoms with Gasteiger partial charge in [0.25, 0.3) is 0 Å². The second kappa shape index (κ2) is 6.62. The van der Waals surface area contributed by atoms with Crippen molar-refractivity contribution in [2.24, 2.45) is 5.73 Å². The zero-order valence-electron chi connectivity index (χ0n) is 13.7. The molecule has 8 heteroatoms. The Morgan fingerprint density at radius 2 is 2.29 bits per heavy atom. The Hall–Kier alpha value is -1.77. The van der Waals surface area contributed by atoms with Gasteiger partial charge in [0.05, 0.1) is 6.61 Å². The number of likely N-dealkylation sites (tertiary alicyclic amines) is 1. The van der Waals surface area contributed by atoms with E-state index < -0.39 is 11.5 Å². The van der Waals surface area contributed by atoms with Gasteiger partial charge in [0.1, 0.15) is 23.2 Å². The van der Waals surface area contributed by atoms with E-state index in [1.807, 2.05) is 6.07 Å². The van der Waals surface area contributed by atoms with Gasteiger partial charge < -0.3 is 25.3 Å². The molecule has 1 atom stereocenters. The zero-order chi connectivity index (χ0) is 17.3. The van der Waals surface area contributed by atoms with Gasteiger partial charge in [-0.3, -0.25) is 4.90 Å². The minimum absolute atomic E-state index is 0.0842. The number of nitrogens with zero attached hydrogens (tertiary/aromatic N) is 1. The van der Waals surface area contributed by atoms with Crippen LogP contribution in [0.3, 0.4) is 0 Å². The fraction of sp³-hybridized carbons (Fsp3) is 0.562. The second-order valence-corrected chi connectivity index (χ2v) is 6.80. The number of aliphatic hydroxyl groups is 1. The number of hydrogen-bond donors (Lipinski definition) is 3. The molecule has 7 nitrogen and oxygen atoms in total. The Labute approximate surface area is 141 Å². The summed E-state index contributed by atoms with van der Waals surface area (Å²) in [7, 11) is 1.63. The molecule has 3 rings (SSSR count). The predicted octanol–water partition coefficient (Wildman–Crippen LogP) is 0.130. The minimum atomic E-state index is -1.05. The Bertz CT molecular complexity index is 631. The Kier molecular flexibility index (Phi) is 4.71. The van der Waals surface area contributed by atoms with E-state index >= 15 is 0 Å². The van der Waals surface area contributed by atoms with E-state index in [0.717, 1.165) is 18.3 Å². The molecule has 24 heavy (non-hydrogen) atoms. The molecule has 0 aromatic heterocycles. The summed E-state index contributed by atoms with van der Waals surface area (Å²) < 4.78 is 11.3. The number of hydrogen-bond acceptors (Lipinski definition) is 6. The van der Waals surface area contributed by atoms with Gasteiger partial charge in [-0.15, -0.1) is 0 Å². The number of carboxylic acid groups (broad SMARTS) is 1. The van der Waals surface area contributed by atoms with Crippen LogP contribution in [0.15, 0.2) is 12.1 Å². The van der Waals surface area contributed by atoms with Crippen LogP contribution in [-0.4, -0.2) is 66.4 Å². The number of benzene rings is 1. The van der Waals surface area contributed by atoms with Gasteiger partial charge in [-0.1, -0.05) is 6.07 Å².